The monoisotopic (exact) mass is 247 g/mol. The van der Waals surface area contributed by atoms with Crippen LogP contribution in [0.3, 0.4) is 0 Å². The summed E-state index contributed by atoms with van der Waals surface area (Å²) in [4.78, 5) is 4.39. The van der Waals surface area contributed by atoms with E-state index in [1.54, 1.807) is 19.5 Å². The molecule has 0 aromatic carbocycles. The largest absolute Gasteiger partial charge is 0.495 e. The zero-order chi connectivity index (χ0) is 12.8. The van der Waals surface area contributed by atoms with E-state index < -0.39 is 0 Å². The Morgan fingerprint density at radius 1 is 1.50 bits per heavy atom. The number of nitrogens with one attached hydrogen (secondary N) is 2. The van der Waals surface area contributed by atoms with Crippen LogP contribution < -0.4 is 10.1 Å². The molecule has 0 spiro atoms. The van der Waals surface area contributed by atoms with Gasteiger partial charge in [0.25, 0.3) is 0 Å². The van der Waals surface area contributed by atoms with E-state index in [0.717, 1.165) is 30.1 Å². The van der Waals surface area contributed by atoms with E-state index >= 15 is 0 Å². The van der Waals surface area contributed by atoms with E-state index in [1.165, 1.54) is 0 Å². The van der Waals surface area contributed by atoms with Crippen molar-refractivity contribution in [2.45, 2.75) is 19.4 Å². The lowest BCUT2D eigenvalue weighted by Crippen LogP contribution is -2.25. The third kappa shape index (κ3) is 2.65. The quantitative estimate of drug-likeness (QED) is 0.804. The minimum absolute atomic E-state index is 0.111. The number of hydrogen-bond donors (Lipinski definition) is 2. The standard InChI is InChI=1S/C12H17N5O/c1-3-6-13-11(9-8-15-17-16-9)12-10(18-2)5-4-7-14-12/h4-5,7-8,11,13H,3,6H2,1-2H3,(H,15,16,17). The second-order valence-electron chi connectivity index (χ2n) is 3.87. The zero-order valence-corrected chi connectivity index (χ0v) is 10.6. The van der Waals surface area contributed by atoms with Gasteiger partial charge >= 0.3 is 0 Å². The number of aromatic amines is 1. The number of aromatic nitrogens is 4. The van der Waals surface area contributed by atoms with Crippen LogP contribution in [0.15, 0.2) is 24.5 Å². The van der Waals surface area contributed by atoms with Crippen molar-refractivity contribution in [3.63, 3.8) is 0 Å². The molecule has 0 aliphatic heterocycles. The Hall–Kier alpha value is -1.95. The molecule has 6 nitrogen and oxygen atoms in total. The Balaban J connectivity index is 2.33. The first kappa shape index (κ1) is 12.5. The molecule has 0 amide bonds. The average molecular weight is 247 g/mol. The summed E-state index contributed by atoms with van der Waals surface area (Å²) in [5.74, 6) is 0.745. The molecular weight excluding hydrogens is 230 g/mol. The third-order valence-electron chi connectivity index (χ3n) is 2.62. The predicted molar refractivity (Wildman–Crippen MR) is 67.3 cm³/mol. The minimum atomic E-state index is -0.111. The first-order valence-electron chi connectivity index (χ1n) is 5.94. The minimum Gasteiger partial charge on any atom is -0.495 e. The SMILES string of the molecule is CCCNC(c1cn[nH]n1)c1ncccc1OC. The molecule has 1 atom stereocenters. The fourth-order valence-electron chi connectivity index (χ4n) is 1.77. The maximum Gasteiger partial charge on any atom is 0.142 e. The molecule has 2 N–H and O–H groups in total. The maximum atomic E-state index is 5.34. The highest BCUT2D eigenvalue weighted by Gasteiger charge is 2.21. The lowest BCUT2D eigenvalue weighted by molar-refractivity contribution is 0.399. The number of rotatable bonds is 6. The molecule has 2 aromatic heterocycles. The average Bonchev–Trinajstić information content (AvgIpc) is 2.94. The molecule has 1 unspecified atom stereocenters. The van der Waals surface area contributed by atoms with Crippen LogP contribution in [0.25, 0.3) is 0 Å². The molecule has 2 rings (SSSR count). The first-order chi connectivity index (χ1) is 8.86. The van der Waals surface area contributed by atoms with Crippen LogP contribution in [-0.4, -0.2) is 34.0 Å². The fraction of sp³-hybridized carbons (Fsp3) is 0.417. The van der Waals surface area contributed by atoms with Crippen LogP contribution >= 0.6 is 0 Å². The molecular formula is C12H17N5O. The number of nitrogens with zero attached hydrogens (tertiary/aromatic N) is 3. The topological polar surface area (TPSA) is 75.7 Å². The van der Waals surface area contributed by atoms with Crippen molar-refractivity contribution in [3.8, 4) is 5.75 Å². The van der Waals surface area contributed by atoms with Crippen LogP contribution in [0.1, 0.15) is 30.8 Å². The van der Waals surface area contributed by atoms with Gasteiger partial charge in [0.15, 0.2) is 0 Å². The van der Waals surface area contributed by atoms with Gasteiger partial charge in [0.05, 0.1) is 19.3 Å². The second kappa shape index (κ2) is 6.11. The van der Waals surface area contributed by atoms with E-state index in [2.05, 4.69) is 32.6 Å². The van der Waals surface area contributed by atoms with Crippen molar-refractivity contribution in [2.75, 3.05) is 13.7 Å². The van der Waals surface area contributed by atoms with Crippen molar-refractivity contribution in [1.29, 1.82) is 0 Å². The number of hydrogen-bond acceptors (Lipinski definition) is 5. The van der Waals surface area contributed by atoms with E-state index in [4.69, 9.17) is 4.74 Å². The van der Waals surface area contributed by atoms with Gasteiger partial charge in [-0.05, 0) is 25.1 Å². The Kier molecular flexibility index (Phi) is 4.25. The van der Waals surface area contributed by atoms with Crippen LogP contribution in [-0.2, 0) is 0 Å². The van der Waals surface area contributed by atoms with Crippen molar-refractivity contribution in [1.82, 2.24) is 25.7 Å². The summed E-state index contributed by atoms with van der Waals surface area (Å²) in [5.41, 5.74) is 1.63. The van der Waals surface area contributed by atoms with Gasteiger partial charge in [0, 0.05) is 6.20 Å². The molecule has 2 aromatic rings. The second-order valence-corrected chi connectivity index (χ2v) is 3.87. The smallest absolute Gasteiger partial charge is 0.142 e. The summed E-state index contributed by atoms with van der Waals surface area (Å²) in [5, 5.41) is 14.0. The zero-order valence-electron chi connectivity index (χ0n) is 10.6. The number of pyridine rings is 1. The van der Waals surface area contributed by atoms with Gasteiger partial charge < -0.3 is 10.1 Å². The molecule has 0 aliphatic rings. The van der Waals surface area contributed by atoms with Crippen LogP contribution in [0.5, 0.6) is 5.75 Å². The Bertz CT molecular complexity index is 471. The molecule has 0 saturated carbocycles. The highest BCUT2D eigenvalue weighted by molar-refractivity contribution is 5.33. The molecule has 2 heterocycles. The van der Waals surface area contributed by atoms with Gasteiger partial charge in [-0.3, -0.25) is 4.98 Å². The molecule has 0 radical (unpaired) electrons. The highest BCUT2D eigenvalue weighted by Crippen LogP contribution is 2.26. The number of methoxy groups -OCH3 is 1. The predicted octanol–water partition coefficient (Wildman–Crippen LogP) is 1.30. The van der Waals surface area contributed by atoms with Gasteiger partial charge in [0.1, 0.15) is 17.1 Å². The normalized spacial score (nSPS) is 12.3. The summed E-state index contributed by atoms with van der Waals surface area (Å²) < 4.78 is 5.34. The number of ether oxygens (including phenoxy) is 1. The van der Waals surface area contributed by atoms with Crippen molar-refractivity contribution < 1.29 is 4.74 Å². The Morgan fingerprint density at radius 2 is 2.39 bits per heavy atom. The van der Waals surface area contributed by atoms with E-state index in [0.29, 0.717) is 0 Å². The highest BCUT2D eigenvalue weighted by atomic mass is 16.5. The van der Waals surface area contributed by atoms with Gasteiger partial charge in [-0.15, -0.1) is 0 Å². The lowest BCUT2D eigenvalue weighted by Gasteiger charge is -2.17. The maximum absolute atomic E-state index is 5.34. The van der Waals surface area contributed by atoms with Crippen molar-refractivity contribution in [2.24, 2.45) is 0 Å². The molecule has 96 valence electrons. The summed E-state index contributed by atoms with van der Waals surface area (Å²) >= 11 is 0. The molecule has 18 heavy (non-hydrogen) atoms. The van der Waals surface area contributed by atoms with E-state index in [1.807, 2.05) is 12.1 Å². The summed E-state index contributed by atoms with van der Waals surface area (Å²) in [7, 11) is 1.64. The molecule has 6 heteroatoms. The summed E-state index contributed by atoms with van der Waals surface area (Å²) in [6.45, 7) is 2.99. The summed E-state index contributed by atoms with van der Waals surface area (Å²) in [6.07, 6.45) is 4.48. The summed E-state index contributed by atoms with van der Waals surface area (Å²) in [6, 6.07) is 3.63. The van der Waals surface area contributed by atoms with Crippen molar-refractivity contribution in [3.05, 3.63) is 35.9 Å². The number of H-pyrrole nitrogens is 1. The third-order valence-corrected chi connectivity index (χ3v) is 2.62. The molecule has 0 saturated heterocycles. The molecule has 0 fully saturated rings. The van der Waals surface area contributed by atoms with E-state index in [9.17, 15) is 0 Å². The van der Waals surface area contributed by atoms with Crippen LogP contribution in [0.2, 0.25) is 0 Å². The molecule has 0 aliphatic carbocycles. The lowest BCUT2D eigenvalue weighted by atomic mass is 10.1. The van der Waals surface area contributed by atoms with Crippen molar-refractivity contribution >= 4 is 0 Å². The van der Waals surface area contributed by atoms with Crippen LogP contribution in [0.4, 0.5) is 0 Å². The first-order valence-corrected chi connectivity index (χ1v) is 5.94. The van der Waals surface area contributed by atoms with Gasteiger partial charge in [0.2, 0.25) is 0 Å². The fourth-order valence-corrected chi connectivity index (χ4v) is 1.77. The van der Waals surface area contributed by atoms with Gasteiger partial charge in [-0.1, -0.05) is 6.92 Å². The van der Waals surface area contributed by atoms with Crippen LogP contribution in [0, 0.1) is 0 Å². The Labute approximate surface area is 106 Å². The van der Waals surface area contributed by atoms with Gasteiger partial charge in [-0.25, -0.2) is 0 Å². The Morgan fingerprint density at radius 3 is 3.06 bits per heavy atom. The van der Waals surface area contributed by atoms with E-state index in [-0.39, 0.29) is 6.04 Å². The van der Waals surface area contributed by atoms with Gasteiger partial charge in [-0.2, -0.15) is 15.4 Å². The molecule has 0 bridgehead atoms.